The summed E-state index contributed by atoms with van der Waals surface area (Å²) in [6, 6.07) is 3.17. The maximum Gasteiger partial charge on any atom is 0.327 e. The number of nitrogens with one attached hydrogen (secondary N) is 1. The van der Waals surface area contributed by atoms with E-state index in [1.165, 1.54) is 4.90 Å². The Morgan fingerprint density at radius 3 is 2.67 bits per heavy atom. The van der Waals surface area contributed by atoms with Gasteiger partial charge in [-0.2, -0.15) is 0 Å². The van der Waals surface area contributed by atoms with E-state index in [1.807, 2.05) is 13.0 Å². The summed E-state index contributed by atoms with van der Waals surface area (Å²) < 4.78 is 0. The summed E-state index contributed by atoms with van der Waals surface area (Å²) in [7, 11) is 1.66. The van der Waals surface area contributed by atoms with E-state index in [4.69, 9.17) is 0 Å². The van der Waals surface area contributed by atoms with Gasteiger partial charge in [-0.3, -0.25) is 14.5 Å². The Kier molecular flexibility index (Phi) is 4.26. The SMILES string of the molecule is Cc1ccnc(NC(=O)CN2C(=O)N(C)C3(CCCCC3)C2=O)c1. The molecular formula is C17H22N4O3. The first-order valence-corrected chi connectivity index (χ1v) is 8.26. The van der Waals surface area contributed by atoms with Crippen LogP contribution >= 0.6 is 0 Å². The number of hydrogen-bond acceptors (Lipinski definition) is 4. The molecule has 1 aromatic heterocycles. The first-order valence-electron chi connectivity index (χ1n) is 8.26. The van der Waals surface area contributed by atoms with Gasteiger partial charge in [0.1, 0.15) is 17.9 Å². The normalized spacial score (nSPS) is 19.9. The molecular weight excluding hydrogens is 308 g/mol. The van der Waals surface area contributed by atoms with Crippen LogP contribution in [0.5, 0.6) is 0 Å². The van der Waals surface area contributed by atoms with E-state index in [1.54, 1.807) is 19.3 Å². The number of aromatic nitrogens is 1. The van der Waals surface area contributed by atoms with Crippen LogP contribution in [-0.4, -0.2) is 51.8 Å². The van der Waals surface area contributed by atoms with Gasteiger partial charge in [0.2, 0.25) is 5.91 Å². The number of likely N-dealkylation sites (N-methyl/N-ethyl adjacent to an activating group) is 1. The van der Waals surface area contributed by atoms with Gasteiger partial charge in [0.15, 0.2) is 0 Å². The number of aryl methyl sites for hydroxylation is 1. The lowest BCUT2D eigenvalue weighted by molar-refractivity contribution is -0.136. The van der Waals surface area contributed by atoms with Crippen LogP contribution < -0.4 is 5.32 Å². The number of hydrogen-bond donors (Lipinski definition) is 1. The summed E-state index contributed by atoms with van der Waals surface area (Å²) in [6.07, 6.45) is 5.88. The van der Waals surface area contributed by atoms with E-state index in [0.717, 1.165) is 29.7 Å². The minimum absolute atomic E-state index is 0.248. The van der Waals surface area contributed by atoms with Crippen molar-refractivity contribution in [3.63, 3.8) is 0 Å². The lowest BCUT2D eigenvalue weighted by Gasteiger charge is -2.35. The highest BCUT2D eigenvalue weighted by Crippen LogP contribution is 2.39. The highest BCUT2D eigenvalue weighted by Gasteiger charge is 2.55. The molecule has 1 N–H and O–H groups in total. The second kappa shape index (κ2) is 6.22. The topological polar surface area (TPSA) is 82.6 Å². The number of carbonyl (C=O) groups excluding carboxylic acids is 3. The van der Waals surface area contributed by atoms with Crippen LogP contribution in [0.2, 0.25) is 0 Å². The number of anilines is 1. The summed E-state index contributed by atoms with van der Waals surface area (Å²) >= 11 is 0. The predicted molar refractivity (Wildman–Crippen MR) is 88.3 cm³/mol. The number of amides is 4. The molecule has 2 aliphatic rings. The third kappa shape index (κ3) is 2.74. The molecule has 4 amide bonds. The van der Waals surface area contributed by atoms with Crippen molar-refractivity contribution in [3.8, 4) is 0 Å². The van der Waals surface area contributed by atoms with Crippen LogP contribution in [0.25, 0.3) is 0 Å². The van der Waals surface area contributed by atoms with Crippen molar-refractivity contribution in [1.82, 2.24) is 14.8 Å². The average molecular weight is 330 g/mol. The van der Waals surface area contributed by atoms with Crippen molar-refractivity contribution in [2.75, 3.05) is 18.9 Å². The van der Waals surface area contributed by atoms with E-state index < -0.39 is 17.5 Å². The molecule has 0 unspecified atom stereocenters. The number of urea groups is 1. The Hall–Kier alpha value is -2.44. The Labute approximate surface area is 141 Å². The number of imide groups is 1. The molecule has 1 aliphatic heterocycles. The maximum atomic E-state index is 12.8. The van der Waals surface area contributed by atoms with Gasteiger partial charge >= 0.3 is 6.03 Å². The molecule has 1 spiro atoms. The Morgan fingerprint density at radius 1 is 1.29 bits per heavy atom. The molecule has 7 heteroatoms. The molecule has 7 nitrogen and oxygen atoms in total. The van der Waals surface area contributed by atoms with Crippen molar-refractivity contribution in [2.24, 2.45) is 0 Å². The van der Waals surface area contributed by atoms with Crippen molar-refractivity contribution < 1.29 is 14.4 Å². The van der Waals surface area contributed by atoms with E-state index in [2.05, 4.69) is 10.3 Å². The number of nitrogens with zero attached hydrogens (tertiary/aromatic N) is 3. The van der Waals surface area contributed by atoms with Gasteiger partial charge in [-0.15, -0.1) is 0 Å². The van der Waals surface area contributed by atoms with Crippen LogP contribution in [0, 0.1) is 6.92 Å². The molecule has 2 heterocycles. The summed E-state index contributed by atoms with van der Waals surface area (Å²) in [6.45, 7) is 1.62. The van der Waals surface area contributed by atoms with Crippen LogP contribution in [-0.2, 0) is 9.59 Å². The predicted octanol–water partition coefficient (Wildman–Crippen LogP) is 1.93. The molecule has 1 aromatic rings. The molecule has 0 bridgehead atoms. The summed E-state index contributed by atoms with van der Waals surface area (Å²) in [4.78, 5) is 44.2. The molecule has 2 fully saturated rings. The van der Waals surface area contributed by atoms with Gasteiger partial charge in [0, 0.05) is 13.2 Å². The van der Waals surface area contributed by atoms with Crippen molar-refractivity contribution in [3.05, 3.63) is 23.9 Å². The molecule has 0 aromatic carbocycles. The molecule has 128 valence electrons. The highest BCUT2D eigenvalue weighted by atomic mass is 16.2. The fourth-order valence-electron chi connectivity index (χ4n) is 3.60. The standard InChI is InChI=1S/C17H22N4O3/c1-12-6-9-18-13(10-12)19-14(22)11-21-15(23)17(20(2)16(21)24)7-4-3-5-8-17/h6,9-10H,3-5,7-8,11H2,1-2H3,(H,18,19,22). The van der Waals surface area contributed by atoms with Crippen LogP contribution in [0.15, 0.2) is 18.3 Å². The number of pyridine rings is 1. The van der Waals surface area contributed by atoms with Gasteiger partial charge < -0.3 is 10.2 Å². The fraction of sp³-hybridized carbons (Fsp3) is 0.529. The van der Waals surface area contributed by atoms with E-state index >= 15 is 0 Å². The summed E-state index contributed by atoms with van der Waals surface area (Å²) in [5, 5.41) is 2.64. The van der Waals surface area contributed by atoms with Gasteiger partial charge in [0.05, 0.1) is 0 Å². The first-order chi connectivity index (χ1) is 11.4. The van der Waals surface area contributed by atoms with E-state index in [-0.39, 0.29) is 12.5 Å². The zero-order valence-electron chi connectivity index (χ0n) is 14.0. The van der Waals surface area contributed by atoms with E-state index in [9.17, 15) is 14.4 Å². The number of rotatable bonds is 3. The Bertz CT molecular complexity index is 682. The van der Waals surface area contributed by atoms with Gasteiger partial charge in [0.25, 0.3) is 5.91 Å². The van der Waals surface area contributed by atoms with Crippen LogP contribution in [0.4, 0.5) is 10.6 Å². The smallest absolute Gasteiger partial charge is 0.313 e. The largest absolute Gasteiger partial charge is 0.327 e. The van der Waals surface area contributed by atoms with Gasteiger partial charge in [-0.1, -0.05) is 19.3 Å². The molecule has 1 aliphatic carbocycles. The summed E-state index contributed by atoms with van der Waals surface area (Å²) in [5.41, 5.74) is 0.214. The molecule has 1 saturated carbocycles. The Balaban J connectivity index is 1.71. The Morgan fingerprint density at radius 2 is 2.00 bits per heavy atom. The molecule has 24 heavy (non-hydrogen) atoms. The third-order valence-electron chi connectivity index (χ3n) is 4.97. The lowest BCUT2D eigenvalue weighted by atomic mass is 9.81. The second-order valence-corrected chi connectivity index (χ2v) is 6.59. The van der Waals surface area contributed by atoms with Gasteiger partial charge in [-0.05, 0) is 37.5 Å². The minimum Gasteiger partial charge on any atom is -0.313 e. The minimum atomic E-state index is -0.753. The summed E-state index contributed by atoms with van der Waals surface area (Å²) in [5.74, 6) is -0.252. The molecule has 0 atom stereocenters. The fourth-order valence-corrected chi connectivity index (χ4v) is 3.60. The average Bonchev–Trinajstić information content (AvgIpc) is 2.72. The second-order valence-electron chi connectivity index (χ2n) is 6.59. The highest BCUT2D eigenvalue weighted by molar-refractivity contribution is 6.10. The van der Waals surface area contributed by atoms with Crippen molar-refractivity contribution in [2.45, 2.75) is 44.6 Å². The number of carbonyl (C=O) groups is 3. The zero-order valence-corrected chi connectivity index (χ0v) is 14.0. The first kappa shape index (κ1) is 16.4. The molecule has 1 saturated heterocycles. The van der Waals surface area contributed by atoms with Crippen molar-refractivity contribution in [1.29, 1.82) is 0 Å². The third-order valence-corrected chi connectivity index (χ3v) is 4.97. The van der Waals surface area contributed by atoms with Gasteiger partial charge in [-0.25, -0.2) is 9.78 Å². The maximum absolute atomic E-state index is 12.8. The molecule has 3 rings (SSSR count). The van der Waals surface area contributed by atoms with E-state index in [0.29, 0.717) is 18.7 Å². The lowest BCUT2D eigenvalue weighted by Crippen LogP contribution is -2.49. The quantitative estimate of drug-likeness (QED) is 0.859. The zero-order chi connectivity index (χ0) is 17.3. The van der Waals surface area contributed by atoms with Crippen LogP contribution in [0.1, 0.15) is 37.7 Å². The van der Waals surface area contributed by atoms with Crippen LogP contribution in [0.3, 0.4) is 0 Å². The monoisotopic (exact) mass is 330 g/mol. The molecule has 0 radical (unpaired) electrons. The van der Waals surface area contributed by atoms with Crippen molar-refractivity contribution >= 4 is 23.7 Å².